The highest BCUT2D eigenvalue weighted by molar-refractivity contribution is 5.64. The summed E-state index contributed by atoms with van der Waals surface area (Å²) in [7, 11) is 0. The van der Waals surface area contributed by atoms with Crippen LogP contribution >= 0.6 is 0 Å². The first-order valence-electron chi connectivity index (χ1n) is 7.72. The standard InChI is InChI=1S/C20H18N2O2/c1-2-23-20-13-17(12-18(14-21)15-22)8-9-19(20)24-11-10-16-6-4-3-5-7-16/h3-9,12-13H,2,10-11H2,1H3. The molecule has 0 amide bonds. The summed E-state index contributed by atoms with van der Waals surface area (Å²) >= 11 is 0. The van der Waals surface area contributed by atoms with E-state index in [0.717, 1.165) is 12.0 Å². The molecular formula is C20H18N2O2. The van der Waals surface area contributed by atoms with Crippen LogP contribution in [-0.2, 0) is 6.42 Å². The average molecular weight is 318 g/mol. The third kappa shape index (κ3) is 4.90. The number of allylic oxidation sites excluding steroid dienone is 1. The van der Waals surface area contributed by atoms with E-state index in [1.807, 2.05) is 37.3 Å². The summed E-state index contributed by atoms with van der Waals surface area (Å²) in [4.78, 5) is 0. The van der Waals surface area contributed by atoms with E-state index in [9.17, 15) is 0 Å². The lowest BCUT2D eigenvalue weighted by atomic mass is 10.1. The highest BCUT2D eigenvalue weighted by atomic mass is 16.5. The molecule has 4 nitrogen and oxygen atoms in total. The van der Waals surface area contributed by atoms with Gasteiger partial charge in [0.2, 0.25) is 0 Å². The molecule has 2 aromatic rings. The highest BCUT2D eigenvalue weighted by Crippen LogP contribution is 2.29. The molecule has 0 radical (unpaired) electrons. The number of nitrogens with zero attached hydrogens (tertiary/aromatic N) is 2. The fraction of sp³-hybridized carbons (Fsp3) is 0.200. The van der Waals surface area contributed by atoms with Gasteiger partial charge >= 0.3 is 0 Å². The fourth-order valence-electron chi connectivity index (χ4n) is 2.18. The van der Waals surface area contributed by atoms with E-state index in [1.54, 1.807) is 18.2 Å². The van der Waals surface area contributed by atoms with Gasteiger partial charge in [-0.3, -0.25) is 0 Å². The topological polar surface area (TPSA) is 66.0 Å². The van der Waals surface area contributed by atoms with Crippen molar-refractivity contribution >= 4 is 6.08 Å². The van der Waals surface area contributed by atoms with Gasteiger partial charge in [-0.25, -0.2) is 0 Å². The van der Waals surface area contributed by atoms with Gasteiger partial charge in [0.1, 0.15) is 17.7 Å². The maximum atomic E-state index is 8.84. The molecule has 0 aliphatic heterocycles. The van der Waals surface area contributed by atoms with Crippen molar-refractivity contribution in [1.82, 2.24) is 0 Å². The van der Waals surface area contributed by atoms with Gasteiger partial charge < -0.3 is 9.47 Å². The van der Waals surface area contributed by atoms with Crippen molar-refractivity contribution in [3.8, 4) is 23.6 Å². The zero-order valence-corrected chi connectivity index (χ0v) is 13.5. The lowest BCUT2D eigenvalue weighted by Gasteiger charge is -2.12. The van der Waals surface area contributed by atoms with Crippen LogP contribution in [0.3, 0.4) is 0 Å². The molecule has 0 atom stereocenters. The second-order valence-corrected chi connectivity index (χ2v) is 5.00. The SMILES string of the molecule is CCOc1cc(C=C(C#N)C#N)ccc1OCCc1ccccc1. The normalized spacial score (nSPS) is 9.46. The molecule has 0 saturated carbocycles. The summed E-state index contributed by atoms with van der Waals surface area (Å²) in [6.45, 7) is 2.94. The first kappa shape index (κ1) is 17.1. The van der Waals surface area contributed by atoms with Crippen molar-refractivity contribution in [1.29, 1.82) is 10.5 Å². The van der Waals surface area contributed by atoms with Crippen molar-refractivity contribution < 1.29 is 9.47 Å². The molecule has 0 aliphatic rings. The minimum absolute atomic E-state index is 0.0511. The highest BCUT2D eigenvalue weighted by Gasteiger charge is 2.07. The lowest BCUT2D eigenvalue weighted by molar-refractivity contribution is 0.279. The Morgan fingerprint density at radius 2 is 1.75 bits per heavy atom. The Bertz CT molecular complexity index is 768. The zero-order valence-electron chi connectivity index (χ0n) is 13.5. The molecule has 120 valence electrons. The van der Waals surface area contributed by atoms with Crippen LogP contribution in [0.1, 0.15) is 18.1 Å². The van der Waals surface area contributed by atoms with Gasteiger partial charge in [-0.15, -0.1) is 0 Å². The Morgan fingerprint density at radius 3 is 2.42 bits per heavy atom. The maximum absolute atomic E-state index is 8.84. The lowest BCUT2D eigenvalue weighted by Crippen LogP contribution is -2.03. The molecule has 0 unspecified atom stereocenters. The van der Waals surface area contributed by atoms with E-state index in [-0.39, 0.29) is 5.57 Å². The van der Waals surface area contributed by atoms with Crippen LogP contribution in [0.25, 0.3) is 6.08 Å². The van der Waals surface area contributed by atoms with Crippen LogP contribution in [0.2, 0.25) is 0 Å². The zero-order chi connectivity index (χ0) is 17.2. The molecule has 0 bridgehead atoms. The Hall–Kier alpha value is -3.24. The molecule has 2 aromatic carbocycles. The molecule has 24 heavy (non-hydrogen) atoms. The van der Waals surface area contributed by atoms with Crippen LogP contribution in [0, 0.1) is 22.7 Å². The number of ether oxygens (including phenoxy) is 2. The van der Waals surface area contributed by atoms with Crippen LogP contribution in [0.15, 0.2) is 54.1 Å². The van der Waals surface area contributed by atoms with Gasteiger partial charge in [0.15, 0.2) is 11.5 Å². The molecule has 0 spiro atoms. The first-order valence-corrected chi connectivity index (χ1v) is 7.72. The Morgan fingerprint density at radius 1 is 1.00 bits per heavy atom. The Kier molecular flexibility index (Phi) is 6.44. The predicted molar refractivity (Wildman–Crippen MR) is 92.5 cm³/mol. The largest absolute Gasteiger partial charge is 0.490 e. The maximum Gasteiger partial charge on any atom is 0.161 e. The van der Waals surface area contributed by atoms with E-state index < -0.39 is 0 Å². The van der Waals surface area contributed by atoms with Crippen molar-refractivity contribution in [2.45, 2.75) is 13.3 Å². The quantitative estimate of drug-likeness (QED) is 0.720. The summed E-state index contributed by atoms with van der Waals surface area (Å²) in [6, 6.07) is 19.2. The van der Waals surface area contributed by atoms with Crippen LogP contribution < -0.4 is 9.47 Å². The number of hydrogen-bond acceptors (Lipinski definition) is 4. The van der Waals surface area contributed by atoms with Gasteiger partial charge in [0.05, 0.1) is 13.2 Å². The number of hydrogen-bond donors (Lipinski definition) is 0. The molecule has 0 fully saturated rings. The van der Waals surface area contributed by atoms with Crippen molar-refractivity contribution in [3.63, 3.8) is 0 Å². The molecule has 4 heteroatoms. The van der Waals surface area contributed by atoms with E-state index in [1.165, 1.54) is 11.6 Å². The van der Waals surface area contributed by atoms with E-state index in [4.69, 9.17) is 20.0 Å². The molecule has 0 saturated heterocycles. The Balaban J connectivity index is 2.10. The molecule has 0 aromatic heterocycles. The van der Waals surface area contributed by atoms with Crippen LogP contribution in [0.5, 0.6) is 11.5 Å². The number of benzene rings is 2. The molecule has 2 rings (SSSR count). The van der Waals surface area contributed by atoms with Crippen molar-refractivity contribution in [2.75, 3.05) is 13.2 Å². The molecule has 0 heterocycles. The summed E-state index contributed by atoms with van der Waals surface area (Å²) in [5.41, 5.74) is 1.99. The van der Waals surface area contributed by atoms with E-state index in [0.29, 0.717) is 24.7 Å². The van der Waals surface area contributed by atoms with E-state index in [2.05, 4.69) is 12.1 Å². The minimum atomic E-state index is 0.0511. The van der Waals surface area contributed by atoms with Gasteiger partial charge in [-0.1, -0.05) is 36.4 Å². The number of nitriles is 2. The number of rotatable bonds is 7. The van der Waals surface area contributed by atoms with E-state index >= 15 is 0 Å². The van der Waals surface area contributed by atoms with Crippen LogP contribution in [-0.4, -0.2) is 13.2 Å². The molecule has 0 N–H and O–H groups in total. The second kappa shape index (κ2) is 9.02. The minimum Gasteiger partial charge on any atom is -0.490 e. The monoisotopic (exact) mass is 318 g/mol. The third-order valence-corrected chi connectivity index (χ3v) is 3.31. The molecule has 0 aliphatic carbocycles. The summed E-state index contributed by atoms with van der Waals surface area (Å²) in [5, 5.41) is 17.7. The van der Waals surface area contributed by atoms with Gasteiger partial charge in [0, 0.05) is 6.42 Å². The first-order chi connectivity index (χ1) is 11.8. The van der Waals surface area contributed by atoms with Gasteiger partial charge in [-0.2, -0.15) is 10.5 Å². The van der Waals surface area contributed by atoms with Crippen molar-refractivity contribution in [2.24, 2.45) is 0 Å². The summed E-state index contributed by atoms with van der Waals surface area (Å²) in [6.07, 6.45) is 2.33. The Labute approximate surface area is 142 Å². The van der Waals surface area contributed by atoms with Crippen molar-refractivity contribution in [3.05, 3.63) is 65.2 Å². The second-order valence-electron chi connectivity index (χ2n) is 5.00. The molecular weight excluding hydrogens is 300 g/mol. The third-order valence-electron chi connectivity index (χ3n) is 3.31. The average Bonchev–Trinajstić information content (AvgIpc) is 2.62. The smallest absolute Gasteiger partial charge is 0.161 e. The summed E-state index contributed by atoms with van der Waals surface area (Å²) < 4.78 is 11.4. The van der Waals surface area contributed by atoms with Gasteiger partial charge in [0.25, 0.3) is 0 Å². The predicted octanol–water partition coefficient (Wildman–Crippen LogP) is 4.14. The van der Waals surface area contributed by atoms with Gasteiger partial charge in [-0.05, 0) is 36.3 Å². The summed E-state index contributed by atoms with van der Waals surface area (Å²) in [5.74, 6) is 1.26. The fourth-order valence-corrected chi connectivity index (χ4v) is 2.18. The van der Waals surface area contributed by atoms with Crippen LogP contribution in [0.4, 0.5) is 0 Å².